The zero-order valence-electron chi connectivity index (χ0n) is 10.2. The first kappa shape index (κ1) is 14.8. The second-order valence-electron chi connectivity index (χ2n) is 4.29. The molecule has 0 aliphatic heterocycles. The third-order valence-electron chi connectivity index (χ3n) is 2.79. The van der Waals surface area contributed by atoms with Crippen molar-refractivity contribution in [2.45, 2.75) is 18.7 Å². The zero-order chi connectivity index (χ0) is 14.8. The van der Waals surface area contributed by atoms with E-state index in [1.165, 1.54) is 18.3 Å². The molecule has 6 heteroatoms. The van der Waals surface area contributed by atoms with Gasteiger partial charge >= 0.3 is 6.18 Å². The SMILES string of the molecule is OC(Cc1cccc(C(F)(F)F)c1)c1ncccc1Cl. The average molecular weight is 302 g/mol. The lowest BCUT2D eigenvalue weighted by Crippen LogP contribution is -2.08. The van der Waals surface area contributed by atoms with Gasteiger partial charge in [-0.05, 0) is 23.8 Å². The fraction of sp³-hybridized carbons (Fsp3) is 0.214. The van der Waals surface area contributed by atoms with Crippen molar-refractivity contribution in [2.24, 2.45) is 0 Å². The molecular formula is C14H11ClF3NO. The van der Waals surface area contributed by atoms with E-state index in [-0.39, 0.29) is 17.1 Å². The van der Waals surface area contributed by atoms with Gasteiger partial charge in [0, 0.05) is 12.6 Å². The van der Waals surface area contributed by atoms with Gasteiger partial charge in [0.2, 0.25) is 0 Å². The Morgan fingerprint density at radius 1 is 1.20 bits per heavy atom. The quantitative estimate of drug-likeness (QED) is 0.928. The topological polar surface area (TPSA) is 33.1 Å². The molecule has 0 fully saturated rings. The first-order chi connectivity index (χ1) is 9.38. The molecule has 0 spiro atoms. The van der Waals surface area contributed by atoms with Crippen LogP contribution >= 0.6 is 11.6 Å². The van der Waals surface area contributed by atoms with Crippen LogP contribution in [0.2, 0.25) is 5.02 Å². The van der Waals surface area contributed by atoms with Gasteiger partial charge in [-0.1, -0.05) is 29.8 Å². The van der Waals surface area contributed by atoms with Gasteiger partial charge in [0.15, 0.2) is 0 Å². The first-order valence-corrected chi connectivity index (χ1v) is 6.20. The summed E-state index contributed by atoms with van der Waals surface area (Å²) >= 11 is 5.89. The summed E-state index contributed by atoms with van der Waals surface area (Å²) in [6.07, 6.45) is -3.96. The molecule has 0 aliphatic carbocycles. The smallest absolute Gasteiger partial charge is 0.386 e. The molecule has 0 saturated heterocycles. The molecule has 106 valence electrons. The zero-order valence-corrected chi connectivity index (χ0v) is 11.0. The molecule has 0 radical (unpaired) electrons. The van der Waals surface area contributed by atoms with E-state index in [0.717, 1.165) is 12.1 Å². The summed E-state index contributed by atoms with van der Waals surface area (Å²) in [4.78, 5) is 3.94. The van der Waals surface area contributed by atoms with Crippen LogP contribution in [-0.4, -0.2) is 10.1 Å². The minimum absolute atomic E-state index is 0.0145. The number of aliphatic hydroxyl groups excluding tert-OH is 1. The summed E-state index contributed by atoms with van der Waals surface area (Å²) in [6, 6.07) is 8.02. The third kappa shape index (κ3) is 3.49. The summed E-state index contributed by atoms with van der Waals surface area (Å²) in [5, 5.41) is 10.3. The molecule has 1 unspecified atom stereocenters. The van der Waals surface area contributed by atoms with E-state index in [9.17, 15) is 18.3 Å². The number of aliphatic hydroxyl groups is 1. The predicted octanol–water partition coefficient (Wildman–Crippen LogP) is 4.03. The highest BCUT2D eigenvalue weighted by Gasteiger charge is 2.30. The van der Waals surface area contributed by atoms with Crippen molar-refractivity contribution >= 4 is 11.6 Å². The summed E-state index contributed by atoms with van der Waals surface area (Å²) < 4.78 is 37.8. The van der Waals surface area contributed by atoms with E-state index in [0.29, 0.717) is 5.56 Å². The summed E-state index contributed by atoms with van der Waals surface area (Å²) in [7, 11) is 0. The van der Waals surface area contributed by atoms with Gasteiger partial charge in [-0.25, -0.2) is 0 Å². The fourth-order valence-electron chi connectivity index (χ4n) is 1.84. The predicted molar refractivity (Wildman–Crippen MR) is 69.4 cm³/mol. The number of hydrogen-bond donors (Lipinski definition) is 1. The van der Waals surface area contributed by atoms with Crippen LogP contribution in [0.1, 0.15) is 22.9 Å². The maximum atomic E-state index is 12.6. The van der Waals surface area contributed by atoms with Gasteiger partial charge in [-0.15, -0.1) is 0 Å². The number of rotatable bonds is 3. The molecule has 2 rings (SSSR count). The third-order valence-corrected chi connectivity index (χ3v) is 3.11. The molecule has 0 aliphatic rings. The lowest BCUT2D eigenvalue weighted by molar-refractivity contribution is -0.137. The molecule has 2 aromatic rings. The normalized spacial score (nSPS) is 13.2. The average Bonchev–Trinajstić information content (AvgIpc) is 2.38. The van der Waals surface area contributed by atoms with Crippen molar-refractivity contribution in [3.8, 4) is 0 Å². The highest BCUT2D eigenvalue weighted by Crippen LogP contribution is 2.31. The molecule has 1 N–H and O–H groups in total. The number of alkyl halides is 3. The second-order valence-corrected chi connectivity index (χ2v) is 4.70. The van der Waals surface area contributed by atoms with Gasteiger partial charge in [0.05, 0.1) is 16.3 Å². The van der Waals surface area contributed by atoms with Gasteiger partial charge in [-0.2, -0.15) is 13.2 Å². The van der Waals surface area contributed by atoms with E-state index >= 15 is 0 Å². The van der Waals surface area contributed by atoms with Crippen LogP contribution in [0.3, 0.4) is 0 Å². The van der Waals surface area contributed by atoms with Gasteiger partial charge in [0.1, 0.15) is 6.10 Å². The number of aromatic nitrogens is 1. The molecule has 1 heterocycles. The fourth-order valence-corrected chi connectivity index (χ4v) is 2.09. The Hall–Kier alpha value is -1.59. The Balaban J connectivity index is 2.20. The van der Waals surface area contributed by atoms with Crippen molar-refractivity contribution in [1.82, 2.24) is 4.98 Å². The molecule has 0 saturated carbocycles. The van der Waals surface area contributed by atoms with Crippen LogP contribution in [0.5, 0.6) is 0 Å². The van der Waals surface area contributed by atoms with Crippen LogP contribution in [-0.2, 0) is 12.6 Å². The van der Waals surface area contributed by atoms with E-state index in [1.54, 1.807) is 12.1 Å². The Labute approximate surface area is 118 Å². The molecule has 0 amide bonds. The summed E-state index contributed by atoms with van der Waals surface area (Å²) in [5.74, 6) is 0. The maximum Gasteiger partial charge on any atom is 0.416 e. The monoisotopic (exact) mass is 301 g/mol. The Kier molecular flexibility index (Phi) is 4.30. The van der Waals surface area contributed by atoms with E-state index in [2.05, 4.69) is 4.98 Å². The minimum atomic E-state index is -4.40. The van der Waals surface area contributed by atoms with Crippen molar-refractivity contribution in [1.29, 1.82) is 0 Å². The number of hydrogen-bond acceptors (Lipinski definition) is 2. The van der Waals surface area contributed by atoms with Gasteiger partial charge in [-0.3, -0.25) is 4.98 Å². The van der Waals surface area contributed by atoms with E-state index in [1.807, 2.05) is 0 Å². The standard InChI is InChI=1S/C14H11ClF3NO/c15-11-5-2-6-19-13(11)12(20)8-9-3-1-4-10(7-9)14(16,17)18/h1-7,12,20H,8H2. The summed E-state index contributed by atoms with van der Waals surface area (Å²) in [6.45, 7) is 0. The number of pyridine rings is 1. The minimum Gasteiger partial charge on any atom is -0.386 e. The molecule has 2 nitrogen and oxygen atoms in total. The number of nitrogens with zero attached hydrogens (tertiary/aromatic N) is 1. The highest BCUT2D eigenvalue weighted by molar-refractivity contribution is 6.31. The van der Waals surface area contributed by atoms with Crippen LogP contribution in [0, 0.1) is 0 Å². The molecule has 1 atom stereocenters. The van der Waals surface area contributed by atoms with E-state index in [4.69, 9.17) is 11.6 Å². The Morgan fingerprint density at radius 2 is 1.95 bits per heavy atom. The Bertz CT molecular complexity index is 601. The van der Waals surface area contributed by atoms with Crippen molar-refractivity contribution in [2.75, 3.05) is 0 Å². The van der Waals surface area contributed by atoms with Crippen molar-refractivity contribution in [3.63, 3.8) is 0 Å². The number of halogens is 4. The maximum absolute atomic E-state index is 12.6. The lowest BCUT2D eigenvalue weighted by atomic mass is 10.0. The van der Waals surface area contributed by atoms with Crippen LogP contribution in [0.4, 0.5) is 13.2 Å². The molecule has 20 heavy (non-hydrogen) atoms. The molecule has 0 bridgehead atoms. The molecule has 1 aromatic heterocycles. The van der Waals surface area contributed by atoms with Crippen LogP contribution in [0.15, 0.2) is 42.6 Å². The number of benzene rings is 1. The molecule has 1 aromatic carbocycles. The van der Waals surface area contributed by atoms with E-state index < -0.39 is 17.8 Å². The molecular weight excluding hydrogens is 291 g/mol. The van der Waals surface area contributed by atoms with Crippen LogP contribution < -0.4 is 0 Å². The Morgan fingerprint density at radius 3 is 2.60 bits per heavy atom. The second kappa shape index (κ2) is 5.81. The van der Waals surface area contributed by atoms with Gasteiger partial charge < -0.3 is 5.11 Å². The van der Waals surface area contributed by atoms with Gasteiger partial charge in [0.25, 0.3) is 0 Å². The van der Waals surface area contributed by atoms with Crippen LogP contribution in [0.25, 0.3) is 0 Å². The van der Waals surface area contributed by atoms with Crippen molar-refractivity contribution < 1.29 is 18.3 Å². The largest absolute Gasteiger partial charge is 0.416 e. The highest BCUT2D eigenvalue weighted by atomic mass is 35.5. The lowest BCUT2D eigenvalue weighted by Gasteiger charge is -2.13. The first-order valence-electron chi connectivity index (χ1n) is 5.82. The summed E-state index contributed by atoms with van der Waals surface area (Å²) in [5.41, 5.74) is -0.116. The van der Waals surface area contributed by atoms with Crippen molar-refractivity contribution in [3.05, 3.63) is 64.4 Å².